The van der Waals surface area contributed by atoms with Gasteiger partial charge >= 0.3 is 0 Å². The van der Waals surface area contributed by atoms with E-state index in [1.165, 1.54) is 29.0 Å². The number of aromatic nitrogens is 2. The molecule has 3 heterocycles. The molecule has 0 aromatic carbocycles. The molecule has 0 radical (unpaired) electrons. The standard InChI is InChI=1S/C14H16N2OS/c17-12-4-2-1-3-10(12)13-14-9(5-6-18-14)11-7-15-8-16(11)13/h5-8,10,12-13,17H,1-4H2/t10-,12-,13-/m0/s1. The first-order valence-electron chi connectivity index (χ1n) is 6.64. The number of fused-ring (bicyclic) bond motifs is 3. The van der Waals surface area contributed by atoms with Gasteiger partial charge in [0.25, 0.3) is 0 Å². The van der Waals surface area contributed by atoms with Gasteiger partial charge in [0.2, 0.25) is 0 Å². The Morgan fingerprint density at radius 1 is 1.33 bits per heavy atom. The van der Waals surface area contributed by atoms with Gasteiger partial charge < -0.3 is 9.67 Å². The molecule has 0 spiro atoms. The zero-order valence-electron chi connectivity index (χ0n) is 10.1. The Bertz CT molecular complexity index is 534. The Morgan fingerprint density at radius 3 is 3.11 bits per heavy atom. The molecule has 2 aromatic heterocycles. The summed E-state index contributed by atoms with van der Waals surface area (Å²) in [5.41, 5.74) is 2.54. The minimum atomic E-state index is -0.160. The SMILES string of the molecule is O[C@H]1CCCC[C@@H]1[C@H]1c2sccc2-c2cncn21. The summed E-state index contributed by atoms with van der Waals surface area (Å²) >= 11 is 1.82. The third kappa shape index (κ3) is 1.36. The average molecular weight is 260 g/mol. The fourth-order valence-corrected chi connectivity index (χ4v) is 4.61. The van der Waals surface area contributed by atoms with Gasteiger partial charge in [-0.05, 0) is 24.3 Å². The fraction of sp³-hybridized carbons (Fsp3) is 0.500. The van der Waals surface area contributed by atoms with E-state index in [0.717, 1.165) is 12.8 Å². The summed E-state index contributed by atoms with van der Waals surface area (Å²) in [7, 11) is 0. The molecule has 0 saturated heterocycles. The summed E-state index contributed by atoms with van der Waals surface area (Å²) in [6, 6.07) is 2.50. The van der Waals surface area contributed by atoms with Crippen LogP contribution in [0.4, 0.5) is 0 Å². The number of aliphatic hydroxyl groups excluding tert-OH is 1. The second-order valence-corrected chi connectivity index (χ2v) is 6.29. The van der Waals surface area contributed by atoms with E-state index in [9.17, 15) is 5.11 Å². The molecule has 2 aliphatic rings. The number of rotatable bonds is 1. The normalized spacial score (nSPS) is 30.2. The Morgan fingerprint density at radius 2 is 2.22 bits per heavy atom. The largest absolute Gasteiger partial charge is 0.393 e. The predicted molar refractivity (Wildman–Crippen MR) is 71.6 cm³/mol. The third-order valence-corrected chi connectivity index (χ3v) is 5.38. The highest BCUT2D eigenvalue weighted by Crippen LogP contribution is 2.49. The van der Waals surface area contributed by atoms with Crippen molar-refractivity contribution in [3.05, 3.63) is 28.8 Å². The highest BCUT2D eigenvalue weighted by molar-refractivity contribution is 7.10. The third-order valence-electron chi connectivity index (χ3n) is 4.39. The molecule has 0 bridgehead atoms. The lowest BCUT2D eigenvalue weighted by Gasteiger charge is -2.33. The molecule has 1 fully saturated rings. The van der Waals surface area contributed by atoms with E-state index in [4.69, 9.17) is 0 Å². The van der Waals surface area contributed by atoms with Crippen LogP contribution in [0.5, 0.6) is 0 Å². The van der Waals surface area contributed by atoms with E-state index in [1.807, 2.05) is 23.9 Å². The maximum atomic E-state index is 10.3. The second kappa shape index (κ2) is 3.93. The van der Waals surface area contributed by atoms with Crippen molar-refractivity contribution >= 4 is 11.3 Å². The van der Waals surface area contributed by atoms with Crippen molar-refractivity contribution in [1.82, 2.24) is 9.55 Å². The number of aliphatic hydroxyl groups is 1. The minimum absolute atomic E-state index is 0.160. The van der Waals surface area contributed by atoms with Gasteiger partial charge in [0.15, 0.2) is 0 Å². The summed E-state index contributed by atoms with van der Waals surface area (Å²) in [5.74, 6) is 0.353. The van der Waals surface area contributed by atoms with Gasteiger partial charge in [-0.3, -0.25) is 0 Å². The van der Waals surface area contributed by atoms with Gasteiger partial charge in [-0.2, -0.15) is 0 Å². The predicted octanol–water partition coefficient (Wildman–Crippen LogP) is 3.07. The van der Waals surface area contributed by atoms with Crippen molar-refractivity contribution in [2.45, 2.75) is 37.8 Å². The smallest absolute Gasteiger partial charge is 0.0957 e. The quantitative estimate of drug-likeness (QED) is 0.855. The molecule has 1 N–H and O–H groups in total. The maximum Gasteiger partial charge on any atom is 0.0957 e. The second-order valence-electron chi connectivity index (χ2n) is 5.35. The summed E-state index contributed by atoms with van der Waals surface area (Å²) in [6.07, 6.45) is 8.19. The molecular formula is C14H16N2OS. The molecule has 0 amide bonds. The lowest BCUT2D eigenvalue weighted by molar-refractivity contribution is 0.0510. The van der Waals surface area contributed by atoms with Crippen LogP contribution in [-0.4, -0.2) is 20.8 Å². The molecule has 2 aromatic rings. The molecule has 94 valence electrons. The van der Waals surface area contributed by atoms with E-state index >= 15 is 0 Å². The summed E-state index contributed by atoms with van der Waals surface area (Å²) in [4.78, 5) is 5.69. The van der Waals surface area contributed by atoms with E-state index in [-0.39, 0.29) is 6.10 Å². The highest BCUT2D eigenvalue weighted by Gasteiger charge is 2.39. The van der Waals surface area contributed by atoms with Crippen molar-refractivity contribution in [3.8, 4) is 11.3 Å². The maximum absolute atomic E-state index is 10.3. The summed E-state index contributed by atoms with van der Waals surface area (Å²) in [6.45, 7) is 0. The first-order valence-corrected chi connectivity index (χ1v) is 7.52. The van der Waals surface area contributed by atoms with Crippen LogP contribution >= 0.6 is 11.3 Å². The van der Waals surface area contributed by atoms with Crippen molar-refractivity contribution in [2.24, 2.45) is 5.92 Å². The number of nitrogens with zero attached hydrogens (tertiary/aromatic N) is 2. The van der Waals surface area contributed by atoms with Gasteiger partial charge in [-0.15, -0.1) is 11.3 Å². The molecule has 3 atom stereocenters. The number of imidazole rings is 1. The Balaban J connectivity index is 1.82. The van der Waals surface area contributed by atoms with Gasteiger partial charge in [0, 0.05) is 16.4 Å². The van der Waals surface area contributed by atoms with Crippen LogP contribution in [0.25, 0.3) is 11.3 Å². The summed E-state index contributed by atoms with van der Waals surface area (Å²) < 4.78 is 2.26. The average Bonchev–Trinajstić information content (AvgIpc) is 3.02. The number of hydrogen-bond acceptors (Lipinski definition) is 3. The van der Waals surface area contributed by atoms with Gasteiger partial charge in [-0.1, -0.05) is 12.8 Å². The molecule has 1 saturated carbocycles. The van der Waals surface area contributed by atoms with Crippen molar-refractivity contribution in [3.63, 3.8) is 0 Å². The van der Waals surface area contributed by atoms with Crippen LogP contribution < -0.4 is 0 Å². The molecule has 18 heavy (non-hydrogen) atoms. The highest BCUT2D eigenvalue weighted by atomic mass is 32.1. The van der Waals surface area contributed by atoms with E-state index in [0.29, 0.717) is 12.0 Å². The molecule has 1 aliphatic carbocycles. The van der Waals surface area contributed by atoms with Crippen molar-refractivity contribution in [2.75, 3.05) is 0 Å². The first kappa shape index (κ1) is 10.8. The van der Waals surface area contributed by atoms with Crippen molar-refractivity contribution in [1.29, 1.82) is 0 Å². The monoisotopic (exact) mass is 260 g/mol. The molecule has 4 rings (SSSR count). The molecule has 0 unspecified atom stereocenters. The van der Waals surface area contributed by atoms with Crippen LogP contribution in [0.3, 0.4) is 0 Å². The molecular weight excluding hydrogens is 244 g/mol. The van der Waals surface area contributed by atoms with Crippen molar-refractivity contribution < 1.29 is 5.11 Å². The topological polar surface area (TPSA) is 38.1 Å². The Kier molecular flexibility index (Phi) is 2.35. The Hall–Kier alpha value is -1.13. The number of thiophene rings is 1. The van der Waals surface area contributed by atoms with Crippen LogP contribution in [0.15, 0.2) is 24.0 Å². The van der Waals surface area contributed by atoms with Crippen LogP contribution in [0, 0.1) is 5.92 Å². The van der Waals surface area contributed by atoms with Crippen LogP contribution in [0.2, 0.25) is 0 Å². The molecule has 1 aliphatic heterocycles. The van der Waals surface area contributed by atoms with E-state index < -0.39 is 0 Å². The number of hydrogen-bond donors (Lipinski definition) is 1. The van der Waals surface area contributed by atoms with E-state index in [2.05, 4.69) is 21.0 Å². The van der Waals surface area contributed by atoms with Gasteiger partial charge in [-0.25, -0.2) is 4.98 Å². The first-order chi connectivity index (χ1) is 8.86. The summed E-state index contributed by atoms with van der Waals surface area (Å²) in [5, 5.41) is 12.5. The van der Waals surface area contributed by atoms with Crippen LogP contribution in [-0.2, 0) is 0 Å². The van der Waals surface area contributed by atoms with E-state index in [1.54, 1.807) is 0 Å². The van der Waals surface area contributed by atoms with Gasteiger partial charge in [0.05, 0.1) is 30.4 Å². The molecule has 3 nitrogen and oxygen atoms in total. The lowest BCUT2D eigenvalue weighted by Crippen LogP contribution is -2.31. The zero-order valence-corrected chi connectivity index (χ0v) is 10.9. The fourth-order valence-electron chi connectivity index (χ4n) is 3.53. The lowest BCUT2D eigenvalue weighted by atomic mass is 9.81. The zero-order chi connectivity index (χ0) is 12.1. The van der Waals surface area contributed by atoms with Gasteiger partial charge in [0.1, 0.15) is 0 Å². The minimum Gasteiger partial charge on any atom is -0.393 e. The Labute approximate surface area is 110 Å². The molecule has 4 heteroatoms. The van der Waals surface area contributed by atoms with Crippen LogP contribution in [0.1, 0.15) is 36.6 Å².